The highest BCUT2D eigenvalue weighted by Crippen LogP contribution is 2.28. The van der Waals surface area contributed by atoms with Crippen molar-refractivity contribution in [3.05, 3.63) is 52.3 Å². The van der Waals surface area contributed by atoms with E-state index in [2.05, 4.69) is 10.1 Å². The van der Waals surface area contributed by atoms with Gasteiger partial charge in [-0.1, -0.05) is 11.2 Å². The highest BCUT2D eigenvalue weighted by atomic mass is 32.1. The maximum atomic E-state index is 13.5. The molecule has 1 aliphatic rings. The van der Waals surface area contributed by atoms with Crippen LogP contribution >= 0.6 is 11.3 Å². The Bertz CT molecular complexity index is 892. The number of hydrogen-bond acceptors (Lipinski definition) is 5. The Hall–Kier alpha value is -2.54. The zero-order chi connectivity index (χ0) is 17.2. The molecule has 1 amide bonds. The molecule has 3 aromatic rings. The summed E-state index contributed by atoms with van der Waals surface area (Å²) in [5.41, 5.74) is 2.60. The number of rotatable bonds is 4. The Morgan fingerprint density at radius 2 is 2.28 bits per heavy atom. The minimum Gasteiger partial charge on any atom is -0.339 e. The van der Waals surface area contributed by atoms with Crippen LogP contribution < -0.4 is 4.90 Å². The third-order valence-electron chi connectivity index (χ3n) is 4.27. The van der Waals surface area contributed by atoms with Crippen LogP contribution in [-0.2, 0) is 17.6 Å². The van der Waals surface area contributed by atoms with Crippen molar-refractivity contribution in [2.24, 2.45) is 0 Å². The lowest BCUT2D eigenvalue weighted by molar-refractivity contribution is -0.118. The number of benzene rings is 1. The van der Waals surface area contributed by atoms with E-state index in [-0.39, 0.29) is 18.1 Å². The predicted octanol–water partition coefficient (Wildman–Crippen LogP) is 3.85. The van der Waals surface area contributed by atoms with Gasteiger partial charge in [-0.15, -0.1) is 0 Å². The van der Waals surface area contributed by atoms with Crippen molar-refractivity contribution in [3.63, 3.8) is 0 Å². The Morgan fingerprint density at radius 1 is 1.36 bits per heavy atom. The van der Waals surface area contributed by atoms with Gasteiger partial charge >= 0.3 is 0 Å². The average Bonchev–Trinajstić information content (AvgIpc) is 3.30. The number of thiophene rings is 1. The van der Waals surface area contributed by atoms with E-state index in [1.54, 1.807) is 22.3 Å². The lowest BCUT2D eigenvalue weighted by Crippen LogP contribution is -2.35. The van der Waals surface area contributed by atoms with Crippen molar-refractivity contribution >= 4 is 22.9 Å². The summed E-state index contributed by atoms with van der Waals surface area (Å²) < 4.78 is 18.8. The van der Waals surface area contributed by atoms with Crippen LogP contribution in [0.25, 0.3) is 11.4 Å². The van der Waals surface area contributed by atoms with Crippen LogP contribution in [0.4, 0.5) is 10.1 Å². The average molecular weight is 357 g/mol. The van der Waals surface area contributed by atoms with E-state index in [4.69, 9.17) is 4.52 Å². The lowest BCUT2D eigenvalue weighted by atomic mass is 10.0. The van der Waals surface area contributed by atoms with Crippen LogP contribution in [0, 0.1) is 5.82 Å². The van der Waals surface area contributed by atoms with Gasteiger partial charge in [-0.3, -0.25) is 4.79 Å². The zero-order valence-electron chi connectivity index (χ0n) is 13.4. The van der Waals surface area contributed by atoms with Crippen molar-refractivity contribution in [2.45, 2.75) is 25.7 Å². The van der Waals surface area contributed by atoms with E-state index in [0.29, 0.717) is 30.4 Å². The van der Waals surface area contributed by atoms with Gasteiger partial charge in [0.1, 0.15) is 5.82 Å². The normalized spacial score (nSPS) is 13.7. The smallest absolute Gasteiger partial charge is 0.227 e. The maximum absolute atomic E-state index is 13.5. The predicted molar refractivity (Wildman–Crippen MR) is 93.0 cm³/mol. The molecule has 0 saturated carbocycles. The first-order valence-corrected chi connectivity index (χ1v) is 9.09. The topological polar surface area (TPSA) is 59.2 Å². The van der Waals surface area contributed by atoms with Crippen molar-refractivity contribution in [3.8, 4) is 11.4 Å². The van der Waals surface area contributed by atoms with E-state index in [1.165, 1.54) is 12.1 Å². The molecule has 4 rings (SSSR count). The number of amides is 1. The van der Waals surface area contributed by atoms with E-state index in [9.17, 15) is 9.18 Å². The van der Waals surface area contributed by atoms with Crippen LogP contribution in [-0.4, -0.2) is 22.6 Å². The molecule has 0 fully saturated rings. The number of aromatic nitrogens is 2. The third kappa shape index (κ3) is 3.32. The number of nitrogens with zero attached hydrogens (tertiary/aromatic N) is 3. The van der Waals surface area contributed by atoms with Gasteiger partial charge in [0, 0.05) is 36.0 Å². The van der Waals surface area contributed by atoms with Crippen molar-refractivity contribution in [1.82, 2.24) is 10.1 Å². The van der Waals surface area contributed by atoms with Crippen LogP contribution in [0.2, 0.25) is 0 Å². The summed E-state index contributed by atoms with van der Waals surface area (Å²) in [6.07, 6.45) is 2.37. The van der Waals surface area contributed by atoms with E-state index in [1.807, 2.05) is 16.8 Å². The van der Waals surface area contributed by atoms with Crippen LogP contribution in [0.1, 0.15) is 24.3 Å². The second kappa shape index (κ2) is 6.76. The molecule has 0 saturated heterocycles. The van der Waals surface area contributed by atoms with Crippen LogP contribution in [0.3, 0.4) is 0 Å². The number of carbonyl (C=O) groups is 1. The molecule has 7 heteroatoms. The summed E-state index contributed by atoms with van der Waals surface area (Å²) >= 11 is 1.56. The van der Waals surface area contributed by atoms with Gasteiger partial charge in [-0.2, -0.15) is 16.3 Å². The highest BCUT2D eigenvalue weighted by molar-refractivity contribution is 7.08. The number of carbonyl (C=O) groups excluding carboxylic acids is 1. The monoisotopic (exact) mass is 357 g/mol. The van der Waals surface area contributed by atoms with E-state index in [0.717, 1.165) is 24.0 Å². The lowest BCUT2D eigenvalue weighted by Gasteiger charge is -2.29. The first-order valence-electron chi connectivity index (χ1n) is 8.14. The maximum Gasteiger partial charge on any atom is 0.227 e. The summed E-state index contributed by atoms with van der Waals surface area (Å²) in [6, 6.07) is 6.56. The van der Waals surface area contributed by atoms with Crippen LogP contribution in [0.15, 0.2) is 39.5 Å². The minimum atomic E-state index is -0.323. The van der Waals surface area contributed by atoms with Gasteiger partial charge in [0.05, 0.1) is 0 Å². The minimum absolute atomic E-state index is 0.0539. The van der Waals surface area contributed by atoms with E-state index >= 15 is 0 Å². The zero-order valence-corrected chi connectivity index (χ0v) is 14.3. The first kappa shape index (κ1) is 16.0. The number of hydrogen-bond donors (Lipinski definition) is 0. The standard InChI is InChI=1S/C18H16FN3O2S/c19-14-4-3-12-2-1-8-22(15(12)10-14)17(23)6-5-16-20-18(21-24-16)13-7-9-25-11-13/h3-4,7,9-11H,1-2,5-6,8H2. The summed E-state index contributed by atoms with van der Waals surface area (Å²) in [5, 5.41) is 7.83. The molecule has 0 unspecified atom stereocenters. The largest absolute Gasteiger partial charge is 0.339 e. The third-order valence-corrected chi connectivity index (χ3v) is 4.95. The fourth-order valence-electron chi connectivity index (χ4n) is 3.02. The molecule has 0 bridgehead atoms. The van der Waals surface area contributed by atoms with Crippen molar-refractivity contribution in [1.29, 1.82) is 0 Å². The Balaban J connectivity index is 1.44. The summed E-state index contributed by atoms with van der Waals surface area (Å²) in [6.45, 7) is 0.610. The highest BCUT2D eigenvalue weighted by Gasteiger charge is 2.23. The number of aryl methyl sites for hydroxylation is 2. The molecular weight excluding hydrogens is 341 g/mol. The molecule has 0 spiro atoms. The fourth-order valence-corrected chi connectivity index (χ4v) is 3.66. The summed E-state index contributed by atoms with van der Waals surface area (Å²) in [7, 11) is 0. The first-order chi connectivity index (χ1) is 12.2. The van der Waals surface area contributed by atoms with Gasteiger partial charge < -0.3 is 9.42 Å². The molecule has 0 N–H and O–H groups in total. The van der Waals surface area contributed by atoms with Gasteiger partial charge in [0.15, 0.2) is 0 Å². The molecule has 0 radical (unpaired) electrons. The quantitative estimate of drug-likeness (QED) is 0.712. The Kier molecular flexibility index (Phi) is 4.31. The molecule has 1 aromatic carbocycles. The molecule has 25 heavy (non-hydrogen) atoms. The molecule has 5 nitrogen and oxygen atoms in total. The van der Waals surface area contributed by atoms with Gasteiger partial charge in [0.2, 0.25) is 17.6 Å². The SMILES string of the molecule is O=C(CCc1nc(-c2ccsc2)no1)N1CCCc2ccc(F)cc21. The van der Waals surface area contributed by atoms with Gasteiger partial charge in [0.25, 0.3) is 0 Å². The molecule has 0 atom stereocenters. The van der Waals surface area contributed by atoms with Gasteiger partial charge in [-0.05, 0) is 42.0 Å². The molecule has 2 aromatic heterocycles. The second-order valence-electron chi connectivity index (χ2n) is 5.95. The number of halogens is 1. The fraction of sp³-hybridized carbons (Fsp3) is 0.278. The number of fused-ring (bicyclic) bond motifs is 1. The summed E-state index contributed by atoms with van der Waals surface area (Å²) in [4.78, 5) is 18.6. The second-order valence-corrected chi connectivity index (χ2v) is 6.73. The van der Waals surface area contributed by atoms with Crippen LogP contribution in [0.5, 0.6) is 0 Å². The van der Waals surface area contributed by atoms with Gasteiger partial charge in [-0.25, -0.2) is 4.39 Å². The Labute approximate surface area is 148 Å². The molecule has 0 aliphatic carbocycles. The molecular formula is C18H16FN3O2S. The molecule has 3 heterocycles. The molecule has 128 valence electrons. The Morgan fingerprint density at radius 3 is 3.12 bits per heavy atom. The van der Waals surface area contributed by atoms with Crippen molar-refractivity contribution < 1.29 is 13.7 Å². The van der Waals surface area contributed by atoms with Crippen molar-refractivity contribution in [2.75, 3.05) is 11.4 Å². The summed E-state index contributed by atoms with van der Waals surface area (Å²) in [5.74, 6) is 0.595. The molecule has 1 aliphatic heterocycles. The van der Waals surface area contributed by atoms with E-state index < -0.39 is 0 Å². The number of anilines is 1.